The molecule has 0 fully saturated rings. The number of hydrogen-bond donors (Lipinski definition) is 3. The van der Waals surface area contributed by atoms with Gasteiger partial charge in [-0.15, -0.1) is 0 Å². The minimum absolute atomic E-state index is 0.103. The van der Waals surface area contributed by atoms with Crippen LogP contribution >= 0.6 is 0 Å². The van der Waals surface area contributed by atoms with Crippen molar-refractivity contribution in [1.29, 1.82) is 0 Å². The predicted octanol–water partition coefficient (Wildman–Crippen LogP) is 7.03. The third kappa shape index (κ3) is 12.5. The first-order valence-corrected chi connectivity index (χ1v) is 12.4. The Labute approximate surface area is 189 Å². The summed E-state index contributed by atoms with van der Waals surface area (Å²) >= 11 is 0. The van der Waals surface area contributed by atoms with Gasteiger partial charge in [-0.3, -0.25) is 4.79 Å². The normalized spacial score (nSPS) is 13.5. The van der Waals surface area contributed by atoms with E-state index in [0.717, 1.165) is 31.2 Å². The van der Waals surface area contributed by atoms with Crippen LogP contribution in [0.25, 0.3) is 0 Å². The lowest BCUT2D eigenvalue weighted by Gasteiger charge is -2.21. The van der Waals surface area contributed by atoms with E-state index in [9.17, 15) is 15.0 Å². The average Bonchev–Trinajstić information content (AvgIpc) is 2.73. The number of aromatic hydroxyl groups is 2. The SMILES string of the molecule is CCCCCCCC/C=C\CCCCCCC(C(N)=O)C(C)Cc1ccc(O)c(O)c1. The van der Waals surface area contributed by atoms with E-state index in [1.807, 2.05) is 6.92 Å². The number of allylic oxidation sites excluding steroid dienone is 2. The molecule has 0 saturated heterocycles. The van der Waals surface area contributed by atoms with Crippen molar-refractivity contribution < 1.29 is 15.0 Å². The second-order valence-electron chi connectivity index (χ2n) is 9.03. The predicted molar refractivity (Wildman–Crippen MR) is 130 cm³/mol. The summed E-state index contributed by atoms with van der Waals surface area (Å²) in [6, 6.07) is 4.83. The van der Waals surface area contributed by atoms with Crippen LogP contribution in [0.4, 0.5) is 0 Å². The number of phenols is 2. The molecule has 31 heavy (non-hydrogen) atoms. The van der Waals surface area contributed by atoms with Crippen molar-refractivity contribution in [2.75, 3.05) is 0 Å². The molecule has 0 radical (unpaired) electrons. The Morgan fingerprint density at radius 1 is 0.903 bits per heavy atom. The molecule has 0 saturated carbocycles. The average molecular weight is 432 g/mol. The Morgan fingerprint density at radius 3 is 2.06 bits per heavy atom. The Morgan fingerprint density at radius 2 is 1.48 bits per heavy atom. The Hall–Kier alpha value is -1.97. The number of rotatable bonds is 18. The minimum Gasteiger partial charge on any atom is -0.504 e. The number of amides is 1. The van der Waals surface area contributed by atoms with E-state index in [4.69, 9.17) is 5.73 Å². The van der Waals surface area contributed by atoms with E-state index in [1.54, 1.807) is 12.1 Å². The maximum Gasteiger partial charge on any atom is 0.220 e. The third-order valence-corrected chi connectivity index (χ3v) is 6.18. The van der Waals surface area contributed by atoms with E-state index in [0.29, 0.717) is 6.42 Å². The van der Waals surface area contributed by atoms with Gasteiger partial charge in [-0.05, 0) is 62.1 Å². The number of unbranched alkanes of at least 4 members (excludes halogenated alkanes) is 10. The fourth-order valence-electron chi connectivity index (χ4n) is 4.18. The molecule has 2 unspecified atom stereocenters. The summed E-state index contributed by atoms with van der Waals surface area (Å²) in [6.07, 6.45) is 21.2. The molecule has 4 nitrogen and oxygen atoms in total. The number of benzene rings is 1. The van der Waals surface area contributed by atoms with Crippen molar-refractivity contribution in [3.63, 3.8) is 0 Å². The number of primary amides is 1. The quantitative estimate of drug-likeness (QED) is 0.133. The summed E-state index contributed by atoms with van der Waals surface area (Å²) in [5, 5.41) is 19.1. The Bertz CT molecular complexity index is 641. The molecule has 1 aromatic carbocycles. The van der Waals surface area contributed by atoms with Gasteiger partial charge in [0.25, 0.3) is 0 Å². The summed E-state index contributed by atoms with van der Waals surface area (Å²) in [5.74, 6) is -0.547. The standard InChI is InChI=1S/C27H45NO3/c1-3-4-5-6-7-8-9-10-11-12-13-14-15-16-17-24(27(28)31)22(2)20-23-18-19-25(29)26(30)21-23/h10-11,18-19,21-22,24,29-30H,3-9,12-17,20H2,1-2H3,(H2,28,31)/b11-10-. The summed E-state index contributed by atoms with van der Waals surface area (Å²) in [4.78, 5) is 11.9. The topological polar surface area (TPSA) is 83.6 Å². The molecule has 1 rings (SSSR count). The van der Waals surface area contributed by atoms with E-state index in [1.165, 1.54) is 63.9 Å². The highest BCUT2D eigenvalue weighted by atomic mass is 16.3. The summed E-state index contributed by atoms with van der Waals surface area (Å²) in [6.45, 7) is 4.29. The molecule has 0 aliphatic heterocycles. The fourth-order valence-corrected chi connectivity index (χ4v) is 4.18. The molecule has 4 N–H and O–H groups in total. The first-order valence-electron chi connectivity index (χ1n) is 12.4. The van der Waals surface area contributed by atoms with Gasteiger partial charge in [0, 0.05) is 5.92 Å². The van der Waals surface area contributed by atoms with Gasteiger partial charge in [-0.1, -0.05) is 83.4 Å². The van der Waals surface area contributed by atoms with Crippen LogP contribution < -0.4 is 5.73 Å². The van der Waals surface area contributed by atoms with Gasteiger partial charge < -0.3 is 15.9 Å². The number of hydrogen-bond acceptors (Lipinski definition) is 3. The van der Waals surface area contributed by atoms with Crippen LogP contribution in [0, 0.1) is 11.8 Å². The Kier molecular flexibility index (Phi) is 14.6. The van der Waals surface area contributed by atoms with Crippen molar-refractivity contribution in [2.45, 2.75) is 104 Å². The number of phenolic OH excluding ortho intramolecular Hbond substituents is 2. The molecule has 0 spiro atoms. The van der Waals surface area contributed by atoms with Crippen molar-refractivity contribution in [3.8, 4) is 11.5 Å². The lowest BCUT2D eigenvalue weighted by molar-refractivity contribution is -0.123. The Balaban J connectivity index is 2.15. The lowest BCUT2D eigenvalue weighted by Crippen LogP contribution is -2.29. The van der Waals surface area contributed by atoms with Gasteiger partial charge in [-0.25, -0.2) is 0 Å². The molecule has 1 amide bonds. The second-order valence-corrected chi connectivity index (χ2v) is 9.03. The molecule has 4 heteroatoms. The summed E-state index contributed by atoms with van der Waals surface area (Å²) in [7, 11) is 0. The maximum absolute atomic E-state index is 11.9. The zero-order valence-electron chi connectivity index (χ0n) is 19.8. The van der Waals surface area contributed by atoms with Gasteiger partial charge in [0.2, 0.25) is 5.91 Å². The van der Waals surface area contributed by atoms with Gasteiger partial charge in [0.15, 0.2) is 11.5 Å². The molecule has 0 aromatic heterocycles. The largest absolute Gasteiger partial charge is 0.504 e. The second kappa shape index (κ2) is 16.7. The molecule has 0 aliphatic rings. The van der Waals surface area contributed by atoms with Crippen LogP contribution in [0.5, 0.6) is 11.5 Å². The summed E-state index contributed by atoms with van der Waals surface area (Å²) < 4.78 is 0. The molecule has 176 valence electrons. The van der Waals surface area contributed by atoms with Crippen LogP contribution in [0.1, 0.15) is 103 Å². The van der Waals surface area contributed by atoms with E-state index >= 15 is 0 Å². The third-order valence-electron chi connectivity index (χ3n) is 6.18. The molecule has 1 aromatic rings. The first-order chi connectivity index (χ1) is 15.0. The number of carbonyl (C=O) groups excluding carboxylic acids is 1. The maximum atomic E-state index is 11.9. The van der Waals surface area contributed by atoms with Crippen LogP contribution in [0.15, 0.2) is 30.4 Å². The molecule has 0 heterocycles. The van der Waals surface area contributed by atoms with Crippen molar-refractivity contribution in [1.82, 2.24) is 0 Å². The molecule has 2 atom stereocenters. The fraction of sp³-hybridized carbons (Fsp3) is 0.667. The van der Waals surface area contributed by atoms with Gasteiger partial charge in [0.05, 0.1) is 0 Å². The molecular formula is C27H45NO3. The molecular weight excluding hydrogens is 386 g/mol. The monoisotopic (exact) mass is 431 g/mol. The highest BCUT2D eigenvalue weighted by Crippen LogP contribution is 2.28. The van der Waals surface area contributed by atoms with E-state index in [-0.39, 0.29) is 29.2 Å². The minimum atomic E-state index is -0.242. The van der Waals surface area contributed by atoms with Gasteiger partial charge >= 0.3 is 0 Å². The zero-order valence-corrected chi connectivity index (χ0v) is 19.8. The van der Waals surface area contributed by atoms with Gasteiger partial charge in [-0.2, -0.15) is 0 Å². The van der Waals surface area contributed by atoms with E-state index in [2.05, 4.69) is 19.1 Å². The van der Waals surface area contributed by atoms with Crippen LogP contribution in [0.2, 0.25) is 0 Å². The van der Waals surface area contributed by atoms with Crippen molar-refractivity contribution >= 4 is 5.91 Å². The smallest absolute Gasteiger partial charge is 0.220 e. The molecule has 0 aliphatic carbocycles. The number of carbonyl (C=O) groups is 1. The highest BCUT2D eigenvalue weighted by Gasteiger charge is 2.23. The van der Waals surface area contributed by atoms with E-state index < -0.39 is 0 Å². The highest BCUT2D eigenvalue weighted by molar-refractivity contribution is 5.76. The van der Waals surface area contributed by atoms with Crippen LogP contribution in [-0.2, 0) is 11.2 Å². The van der Waals surface area contributed by atoms with Crippen molar-refractivity contribution in [3.05, 3.63) is 35.9 Å². The molecule has 0 bridgehead atoms. The van der Waals surface area contributed by atoms with Crippen LogP contribution in [0.3, 0.4) is 0 Å². The van der Waals surface area contributed by atoms with Crippen molar-refractivity contribution in [2.24, 2.45) is 17.6 Å². The zero-order chi connectivity index (χ0) is 22.9. The summed E-state index contributed by atoms with van der Waals surface area (Å²) in [5.41, 5.74) is 6.57. The van der Waals surface area contributed by atoms with Crippen LogP contribution in [-0.4, -0.2) is 16.1 Å². The number of nitrogens with two attached hydrogens (primary N) is 1. The van der Waals surface area contributed by atoms with Gasteiger partial charge in [0.1, 0.15) is 0 Å². The first kappa shape index (κ1) is 27.1. The lowest BCUT2D eigenvalue weighted by atomic mass is 9.84.